The summed E-state index contributed by atoms with van der Waals surface area (Å²) < 4.78 is 0.253. The first-order chi connectivity index (χ1) is 9.23. The van der Waals surface area contributed by atoms with E-state index in [0.29, 0.717) is 0 Å². The number of phenolic OH excluding ortho intramolecular Hbond substituents is 1. The Morgan fingerprint density at radius 1 is 1.25 bits per heavy atom. The van der Waals surface area contributed by atoms with E-state index in [0.717, 1.165) is 24.2 Å². The standard InChI is InChI=1S/C9H11N5O6/c1-11(2)14(19)10-20-9-5-8(15)6(12(3)16)4-7(9)13(17)18/h4-5H,1-3H3/p+1/b14-10-. The van der Waals surface area contributed by atoms with E-state index in [1.165, 1.54) is 14.1 Å². The van der Waals surface area contributed by atoms with Gasteiger partial charge in [-0.05, 0) is 0 Å². The molecule has 1 aromatic carbocycles. The Bertz CT molecular complexity index is 584. The Hall–Kier alpha value is -2.98. The molecular formula is C9H12N5O6+. The predicted molar refractivity (Wildman–Crippen MR) is 64.3 cm³/mol. The van der Waals surface area contributed by atoms with E-state index in [-0.39, 0.29) is 15.4 Å². The lowest BCUT2D eigenvalue weighted by Crippen LogP contribution is -2.21. The molecule has 0 heterocycles. The molecule has 1 N–H and O–H groups in total. The van der Waals surface area contributed by atoms with Gasteiger partial charge in [0, 0.05) is 15.7 Å². The number of aromatic hydroxyl groups is 1. The Kier molecular flexibility index (Phi) is 4.35. The van der Waals surface area contributed by atoms with E-state index in [2.05, 4.69) is 10.1 Å². The van der Waals surface area contributed by atoms with Gasteiger partial charge in [-0.15, -0.1) is 0 Å². The summed E-state index contributed by atoms with van der Waals surface area (Å²) in [4.78, 5) is 25.8. The molecule has 0 atom stereocenters. The lowest BCUT2D eigenvalue weighted by atomic mass is 10.2. The van der Waals surface area contributed by atoms with E-state index in [9.17, 15) is 25.3 Å². The van der Waals surface area contributed by atoms with Crippen LogP contribution in [-0.2, 0) is 0 Å². The van der Waals surface area contributed by atoms with Crippen LogP contribution in [0.3, 0.4) is 0 Å². The fraction of sp³-hybridized carbons (Fsp3) is 0.333. The molecule has 0 aliphatic heterocycles. The van der Waals surface area contributed by atoms with Crippen LogP contribution >= 0.6 is 0 Å². The monoisotopic (exact) mass is 286 g/mol. The van der Waals surface area contributed by atoms with Crippen molar-refractivity contribution in [1.29, 1.82) is 0 Å². The van der Waals surface area contributed by atoms with E-state index in [1.807, 2.05) is 0 Å². The van der Waals surface area contributed by atoms with Crippen LogP contribution in [-0.4, -0.2) is 45.9 Å². The van der Waals surface area contributed by atoms with Gasteiger partial charge < -0.3 is 10.3 Å². The molecule has 11 heteroatoms. The normalized spacial score (nSPS) is 11.1. The number of benzene rings is 1. The summed E-state index contributed by atoms with van der Waals surface area (Å²) in [5.74, 6) is -1.01. The number of hydrazine groups is 1. The molecule has 0 bridgehead atoms. The zero-order valence-corrected chi connectivity index (χ0v) is 10.9. The minimum absolute atomic E-state index is 0.0361. The maximum Gasteiger partial charge on any atom is 0.321 e. The zero-order chi connectivity index (χ0) is 15.4. The Labute approximate surface area is 112 Å². The van der Waals surface area contributed by atoms with Gasteiger partial charge in [0.1, 0.15) is 6.07 Å². The first kappa shape index (κ1) is 15.1. The number of hydrogen-bond acceptors (Lipinski definition) is 7. The van der Waals surface area contributed by atoms with Crippen molar-refractivity contribution in [3.8, 4) is 11.5 Å². The number of nitrogens with zero attached hydrogens (tertiary/aromatic N) is 5. The summed E-state index contributed by atoms with van der Waals surface area (Å²) in [7, 11) is 3.82. The van der Waals surface area contributed by atoms with Crippen LogP contribution in [0.15, 0.2) is 17.4 Å². The molecule has 0 saturated carbocycles. The highest BCUT2D eigenvalue weighted by molar-refractivity contribution is 5.60. The lowest BCUT2D eigenvalue weighted by Gasteiger charge is -2.05. The van der Waals surface area contributed by atoms with Gasteiger partial charge in [0.25, 0.3) is 0 Å². The van der Waals surface area contributed by atoms with Gasteiger partial charge in [0.15, 0.2) is 12.8 Å². The zero-order valence-electron chi connectivity index (χ0n) is 10.9. The highest BCUT2D eigenvalue weighted by Gasteiger charge is 2.27. The second kappa shape index (κ2) is 5.77. The molecule has 11 nitrogen and oxygen atoms in total. The number of nitro groups is 1. The fourth-order valence-corrected chi connectivity index (χ4v) is 1.17. The molecule has 0 fully saturated rings. The van der Waals surface area contributed by atoms with Crippen LogP contribution in [0, 0.1) is 20.2 Å². The van der Waals surface area contributed by atoms with Gasteiger partial charge in [-0.2, -0.15) is 5.01 Å². The van der Waals surface area contributed by atoms with E-state index in [4.69, 9.17) is 0 Å². The minimum Gasteiger partial charge on any atom is -0.569 e. The number of nitroso groups, excluding NO2 is 1. The molecular weight excluding hydrogens is 274 g/mol. The van der Waals surface area contributed by atoms with Gasteiger partial charge in [-0.3, -0.25) is 15.0 Å². The first-order valence-corrected chi connectivity index (χ1v) is 5.18. The van der Waals surface area contributed by atoms with Gasteiger partial charge in [-0.1, -0.05) is 0 Å². The van der Waals surface area contributed by atoms with Crippen molar-refractivity contribution in [2.75, 3.05) is 21.1 Å². The molecule has 0 radical (unpaired) electrons. The molecule has 1 rings (SSSR count). The highest BCUT2D eigenvalue weighted by Crippen LogP contribution is 2.38. The average Bonchev–Trinajstić information content (AvgIpc) is 2.34. The van der Waals surface area contributed by atoms with Crippen molar-refractivity contribution in [1.82, 2.24) is 5.01 Å². The minimum atomic E-state index is -0.831. The number of nitro benzene ring substituents is 1. The maximum absolute atomic E-state index is 11.1. The second-order valence-electron chi connectivity index (χ2n) is 3.84. The first-order valence-electron chi connectivity index (χ1n) is 5.18. The quantitative estimate of drug-likeness (QED) is 0.370. The van der Waals surface area contributed by atoms with Crippen molar-refractivity contribution in [2.24, 2.45) is 5.28 Å². The summed E-state index contributed by atoms with van der Waals surface area (Å²) in [5, 5.41) is 35.6. The predicted octanol–water partition coefficient (Wildman–Crippen LogP) is 1.07. The third-order valence-corrected chi connectivity index (χ3v) is 2.14. The maximum atomic E-state index is 11.1. The Morgan fingerprint density at radius 2 is 1.85 bits per heavy atom. The van der Waals surface area contributed by atoms with Gasteiger partial charge in [0.2, 0.25) is 11.0 Å². The SMILES string of the molecule is CN(C)/[N+]([O-])=N/Oc1cc(O)c([N+](C)=O)cc1[N+](=O)[O-]. The Balaban J connectivity index is 3.26. The van der Waals surface area contributed by atoms with Crippen LogP contribution in [0.1, 0.15) is 0 Å². The highest BCUT2D eigenvalue weighted by atomic mass is 16.7. The Morgan fingerprint density at radius 3 is 2.30 bits per heavy atom. The fourth-order valence-electron chi connectivity index (χ4n) is 1.17. The van der Waals surface area contributed by atoms with Gasteiger partial charge in [0.05, 0.1) is 24.0 Å². The smallest absolute Gasteiger partial charge is 0.321 e. The lowest BCUT2D eigenvalue weighted by molar-refractivity contribution is -0.695. The number of rotatable bonds is 5. The van der Waals surface area contributed by atoms with Crippen LogP contribution in [0.5, 0.6) is 11.5 Å². The molecule has 0 saturated heterocycles. The third-order valence-electron chi connectivity index (χ3n) is 2.14. The van der Waals surface area contributed by atoms with Crippen LogP contribution in [0.4, 0.5) is 11.4 Å². The number of hydrogen-bond donors (Lipinski definition) is 1. The van der Waals surface area contributed by atoms with E-state index < -0.39 is 22.1 Å². The van der Waals surface area contributed by atoms with Crippen molar-refractivity contribution >= 4 is 11.4 Å². The van der Waals surface area contributed by atoms with Crippen molar-refractivity contribution in [3.05, 3.63) is 32.4 Å². The topological polar surface area (TPSA) is 134 Å². The molecule has 0 unspecified atom stereocenters. The summed E-state index contributed by atoms with van der Waals surface area (Å²) in [5.41, 5.74) is -0.924. The molecule has 0 amide bonds. The van der Waals surface area contributed by atoms with Crippen LogP contribution in [0.25, 0.3) is 0 Å². The molecule has 20 heavy (non-hydrogen) atoms. The van der Waals surface area contributed by atoms with Gasteiger partial charge in [-0.25, -0.2) is 0 Å². The molecule has 108 valence electrons. The molecule has 0 aliphatic rings. The molecule has 1 aromatic rings. The summed E-state index contributed by atoms with van der Waals surface area (Å²) in [6.07, 6.45) is 0. The summed E-state index contributed by atoms with van der Waals surface area (Å²) in [6, 6.07) is 1.65. The second-order valence-corrected chi connectivity index (χ2v) is 3.84. The van der Waals surface area contributed by atoms with Gasteiger partial charge >= 0.3 is 11.4 Å². The molecule has 0 aromatic heterocycles. The number of phenols is 1. The third kappa shape index (κ3) is 3.28. The molecule has 0 aliphatic carbocycles. The van der Waals surface area contributed by atoms with Crippen molar-refractivity contribution in [2.45, 2.75) is 0 Å². The summed E-state index contributed by atoms with van der Waals surface area (Å²) in [6.45, 7) is 0. The molecule has 0 spiro atoms. The van der Waals surface area contributed by atoms with Crippen LogP contribution < -0.4 is 4.84 Å². The van der Waals surface area contributed by atoms with E-state index >= 15 is 0 Å². The van der Waals surface area contributed by atoms with E-state index in [1.54, 1.807) is 0 Å². The van der Waals surface area contributed by atoms with Crippen molar-refractivity contribution in [3.63, 3.8) is 0 Å². The average molecular weight is 286 g/mol. The van der Waals surface area contributed by atoms with Crippen LogP contribution in [0.2, 0.25) is 0 Å². The van der Waals surface area contributed by atoms with Crippen molar-refractivity contribution < 1.29 is 24.6 Å². The summed E-state index contributed by atoms with van der Waals surface area (Å²) >= 11 is 0. The largest absolute Gasteiger partial charge is 0.569 e.